The fraction of sp³-hybridized carbons (Fsp3) is 0.545. The number of aliphatic hydroxyl groups is 1. The second-order valence-corrected chi connectivity index (χ2v) is 4.06. The predicted molar refractivity (Wildman–Crippen MR) is 68.3 cm³/mol. The molecule has 98 valence electrons. The van der Waals surface area contributed by atoms with Crippen LogP contribution in [-0.4, -0.2) is 47.0 Å². The van der Waals surface area contributed by atoms with E-state index in [0.29, 0.717) is 17.3 Å². The van der Waals surface area contributed by atoms with Crippen molar-refractivity contribution in [2.75, 3.05) is 13.7 Å². The summed E-state index contributed by atoms with van der Waals surface area (Å²) >= 11 is 0. The van der Waals surface area contributed by atoms with Gasteiger partial charge in [0.15, 0.2) is 5.82 Å². The molecule has 2 unspecified atom stereocenters. The van der Waals surface area contributed by atoms with Crippen LogP contribution in [0.25, 0.3) is 0 Å². The van der Waals surface area contributed by atoms with Crippen LogP contribution in [-0.2, 0) is 4.74 Å². The van der Waals surface area contributed by atoms with Gasteiger partial charge in [0.2, 0.25) is 0 Å². The first-order valence-corrected chi connectivity index (χ1v) is 5.73. The third-order valence-corrected chi connectivity index (χ3v) is 3.00. The average Bonchev–Trinajstić information content (AvgIpc) is 3.02. The number of imidazole rings is 1. The number of amidine groups is 1. The Labute approximate surface area is 105 Å². The number of aromatic nitrogens is 2. The lowest BCUT2D eigenvalue weighted by atomic mass is 10.2. The van der Waals surface area contributed by atoms with Crippen LogP contribution >= 0.6 is 0 Å². The SMILES string of the molecule is C=Nc1c(C(N)=NC)ncn1C1CCC(CO)O1. The molecule has 0 aliphatic carbocycles. The van der Waals surface area contributed by atoms with Gasteiger partial charge in [0.25, 0.3) is 0 Å². The number of nitrogens with zero attached hydrogens (tertiary/aromatic N) is 4. The van der Waals surface area contributed by atoms with Gasteiger partial charge < -0.3 is 15.6 Å². The molecule has 0 bridgehead atoms. The van der Waals surface area contributed by atoms with Crippen LogP contribution in [0.5, 0.6) is 0 Å². The van der Waals surface area contributed by atoms with Gasteiger partial charge in [-0.25, -0.2) is 9.98 Å². The Morgan fingerprint density at radius 3 is 3.06 bits per heavy atom. The average molecular weight is 251 g/mol. The number of nitrogens with two attached hydrogens (primary N) is 1. The summed E-state index contributed by atoms with van der Waals surface area (Å²) in [7, 11) is 1.59. The summed E-state index contributed by atoms with van der Waals surface area (Å²) in [5.74, 6) is 0.856. The van der Waals surface area contributed by atoms with Crippen molar-refractivity contribution in [2.45, 2.75) is 25.2 Å². The lowest BCUT2D eigenvalue weighted by Crippen LogP contribution is -2.15. The molecule has 2 atom stereocenters. The Hall–Kier alpha value is -1.73. The Balaban J connectivity index is 2.29. The summed E-state index contributed by atoms with van der Waals surface area (Å²) in [6.07, 6.45) is 2.90. The molecule has 1 aromatic heterocycles. The zero-order chi connectivity index (χ0) is 13.1. The third kappa shape index (κ3) is 2.14. The number of rotatable bonds is 4. The second kappa shape index (κ2) is 5.28. The molecule has 0 aromatic carbocycles. The lowest BCUT2D eigenvalue weighted by Gasteiger charge is -2.14. The molecule has 2 rings (SSSR count). The van der Waals surface area contributed by atoms with Gasteiger partial charge in [-0.15, -0.1) is 0 Å². The van der Waals surface area contributed by atoms with E-state index in [2.05, 4.69) is 21.7 Å². The Morgan fingerprint density at radius 2 is 2.50 bits per heavy atom. The number of hydrogen-bond donors (Lipinski definition) is 2. The Bertz CT molecular complexity index is 468. The highest BCUT2D eigenvalue weighted by atomic mass is 16.5. The van der Waals surface area contributed by atoms with Gasteiger partial charge >= 0.3 is 0 Å². The summed E-state index contributed by atoms with van der Waals surface area (Å²) in [5, 5.41) is 9.06. The van der Waals surface area contributed by atoms with Crippen molar-refractivity contribution < 1.29 is 9.84 Å². The van der Waals surface area contributed by atoms with Crippen molar-refractivity contribution >= 4 is 18.4 Å². The van der Waals surface area contributed by atoms with Gasteiger partial charge in [-0.05, 0) is 19.6 Å². The highest BCUT2D eigenvalue weighted by molar-refractivity contribution is 5.99. The second-order valence-electron chi connectivity index (χ2n) is 4.06. The van der Waals surface area contributed by atoms with Crippen molar-refractivity contribution in [3.05, 3.63) is 12.0 Å². The van der Waals surface area contributed by atoms with Gasteiger partial charge in [0.1, 0.15) is 17.8 Å². The summed E-state index contributed by atoms with van der Waals surface area (Å²) < 4.78 is 7.44. The monoisotopic (exact) mass is 251 g/mol. The van der Waals surface area contributed by atoms with Gasteiger partial charge in [-0.1, -0.05) is 0 Å². The Kier molecular flexibility index (Phi) is 3.73. The molecule has 0 saturated carbocycles. The molecule has 1 aliphatic heterocycles. The van der Waals surface area contributed by atoms with Crippen molar-refractivity contribution in [1.82, 2.24) is 9.55 Å². The van der Waals surface area contributed by atoms with E-state index in [1.54, 1.807) is 17.9 Å². The molecule has 2 heterocycles. The number of aliphatic imine (C=N–C) groups is 2. The van der Waals surface area contributed by atoms with Gasteiger partial charge in [-0.3, -0.25) is 9.56 Å². The molecule has 1 fully saturated rings. The molecule has 0 spiro atoms. The normalized spacial score (nSPS) is 24.4. The molecule has 1 aromatic rings. The maximum atomic E-state index is 9.06. The summed E-state index contributed by atoms with van der Waals surface area (Å²) in [4.78, 5) is 12.0. The van der Waals surface area contributed by atoms with E-state index in [1.807, 2.05) is 0 Å². The van der Waals surface area contributed by atoms with Crippen molar-refractivity contribution in [3.8, 4) is 0 Å². The first-order chi connectivity index (χ1) is 8.71. The first-order valence-electron chi connectivity index (χ1n) is 5.73. The van der Waals surface area contributed by atoms with E-state index in [1.165, 1.54) is 0 Å². The minimum Gasteiger partial charge on any atom is -0.394 e. The van der Waals surface area contributed by atoms with Crippen LogP contribution < -0.4 is 5.73 Å². The zero-order valence-corrected chi connectivity index (χ0v) is 10.3. The van der Waals surface area contributed by atoms with Gasteiger partial charge in [0, 0.05) is 7.05 Å². The quantitative estimate of drug-likeness (QED) is 0.590. The molecule has 1 saturated heterocycles. The van der Waals surface area contributed by atoms with E-state index in [-0.39, 0.29) is 18.9 Å². The first kappa shape index (κ1) is 12.7. The number of aliphatic hydroxyl groups excluding tert-OH is 1. The van der Waals surface area contributed by atoms with Crippen LogP contribution in [0.1, 0.15) is 24.8 Å². The van der Waals surface area contributed by atoms with E-state index >= 15 is 0 Å². The van der Waals surface area contributed by atoms with Crippen molar-refractivity contribution in [3.63, 3.8) is 0 Å². The maximum Gasteiger partial charge on any atom is 0.165 e. The van der Waals surface area contributed by atoms with Crippen LogP contribution in [0.4, 0.5) is 5.82 Å². The standard InChI is InChI=1S/C11H17N5O2/c1-13-10(12)9-11(14-2)16(6-15-9)8-4-3-7(5-17)18-8/h6-8,17H,2-5H2,1H3,(H2,12,13). The highest BCUT2D eigenvalue weighted by Crippen LogP contribution is 2.32. The largest absolute Gasteiger partial charge is 0.394 e. The molecular weight excluding hydrogens is 234 g/mol. The molecule has 1 aliphatic rings. The molecule has 7 nitrogen and oxygen atoms in total. The number of ether oxygens (including phenoxy) is 1. The maximum absolute atomic E-state index is 9.06. The van der Waals surface area contributed by atoms with Crippen molar-refractivity contribution in [2.24, 2.45) is 15.7 Å². The van der Waals surface area contributed by atoms with Gasteiger partial charge in [-0.2, -0.15) is 0 Å². The minimum atomic E-state index is -0.187. The Morgan fingerprint density at radius 1 is 1.72 bits per heavy atom. The van der Waals surface area contributed by atoms with Gasteiger partial charge in [0.05, 0.1) is 19.0 Å². The molecular formula is C11H17N5O2. The van der Waals surface area contributed by atoms with Crippen LogP contribution in [0.3, 0.4) is 0 Å². The van der Waals surface area contributed by atoms with Crippen LogP contribution in [0.2, 0.25) is 0 Å². The van der Waals surface area contributed by atoms with E-state index in [0.717, 1.165) is 12.8 Å². The lowest BCUT2D eigenvalue weighted by molar-refractivity contribution is -0.0215. The fourth-order valence-corrected chi connectivity index (χ4v) is 2.03. The summed E-state index contributed by atoms with van der Waals surface area (Å²) in [6.45, 7) is 3.55. The number of hydrogen-bond acceptors (Lipinski definition) is 5. The molecule has 7 heteroatoms. The topological polar surface area (TPSA) is 98.0 Å². The molecule has 0 radical (unpaired) electrons. The molecule has 18 heavy (non-hydrogen) atoms. The van der Waals surface area contributed by atoms with Crippen LogP contribution in [0.15, 0.2) is 16.3 Å². The predicted octanol–water partition coefficient (Wildman–Crippen LogP) is 0.220. The smallest absolute Gasteiger partial charge is 0.165 e. The molecule has 0 amide bonds. The third-order valence-electron chi connectivity index (χ3n) is 3.00. The van der Waals surface area contributed by atoms with Crippen LogP contribution in [0, 0.1) is 0 Å². The summed E-state index contributed by atoms with van der Waals surface area (Å²) in [6, 6.07) is 0. The minimum absolute atomic E-state index is 0.0213. The highest BCUT2D eigenvalue weighted by Gasteiger charge is 2.28. The molecule has 3 N–H and O–H groups in total. The van der Waals surface area contributed by atoms with Crippen molar-refractivity contribution in [1.29, 1.82) is 0 Å². The zero-order valence-electron chi connectivity index (χ0n) is 10.3. The van der Waals surface area contributed by atoms with E-state index in [4.69, 9.17) is 15.6 Å². The van der Waals surface area contributed by atoms with E-state index < -0.39 is 0 Å². The van der Waals surface area contributed by atoms with E-state index in [9.17, 15) is 0 Å². The summed E-state index contributed by atoms with van der Waals surface area (Å²) in [5.41, 5.74) is 6.24. The fourth-order valence-electron chi connectivity index (χ4n) is 2.03.